The van der Waals surface area contributed by atoms with Gasteiger partial charge in [-0.1, -0.05) is 30.3 Å². The van der Waals surface area contributed by atoms with E-state index in [0.717, 1.165) is 0 Å². The largest absolute Gasteiger partial charge is 0.464 e. The van der Waals surface area contributed by atoms with Crippen LogP contribution in [0, 0.1) is 0 Å². The van der Waals surface area contributed by atoms with Crippen molar-refractivity contribution in [2.45, 2.75) is 19.1 Å². The van der Waals surface area contributed by atoms with E-state index in [-0.39, 0.29) is 5.78 Å². The number of rotatable bonds is 4. The first kappa shape index (κ1) is 10.8. The highest BCUT2D eigenvalue weighted by Crippen LogP contribution is 2.27. The lowest BCUT2D eigenvalue weighted by Crippen LogP contribution is -2.18. The van der Waals surface area contributed by atoms with Gasteiger partial charge in [-0.2, -0.15) is 0 Å². The molecule has 84 valence electrons. The van der Waals surface area contributed by atoms with Gasteiger partial charge in [-0.05, 0) is 6.92 Å². The van der Waals surface area contributed by atoms with Gasteiger partial charge in [0, 0.05) is 5.56 Å². The molecule has 2 atom stereocenters. The van der Waals surface area contributed by atoms with E-state index in [4.69, 9.17) is 9.47 Å². The molecule has 1 aromatic carbocycles. The number of carbonyl (C=O) groups excluding carboxylic acids is 2. The SMILES string of the molecule is CCOC(=O)[C@H]1O[C@H]1C(=O)c1ccccc1. The van der Waals surface area contributed by atoms with E-state index in [1.54, 1.807) is 31.2 Å². The third-order valence-electron chi connectivity index (χ3n) is 2.33. The summed E-state index contributed by atoms with van der Waals surface area (Å²) < 4.78 is 9.79. The number of ketones is 1. The van der Waals surface area contributed by atoms with Crippen LogP contribution in [0.4, 0.5) is 0 Å². The van der Waals surface area contributed by atoms with Gasteiger partial charge in [0.25, 0.3) is 0 Å². The molecule has 0 aliphatic carbocycles. The predicted octanol–water partition coefficient (Wildman–Crippen LogP) is 1.20. The fraction of sp³-hybridized carbons (Fsp3) is 0.333. The predicted molar refractivity (Wildman–Crippen MR) is 56.1 cm³/mol. The average molecular weight is 220 g/mol. The van der Waals surface area contributed by atoms with Crippen LogP contribution in [0.2, 0.25) is 0 Å². The van der Waals surface area contributed by atoms with Crippen LogP contribution in [0.3, 0.4) is 0 Å². The molecule has 1 aliphatic rings. The summed E-state index contributed by atoms with van der Waals surface area (Å²) in [6.45, 7) is 2.01. The number of Topliss-reactive ketones (excluding diaryl/α,β-unsaturated/α-hetero) is 1. The summed E-state index contributed by atoms with van der Waals surface area (Å²) in [7, 11) is 0. The third-order valence-corrected chi connectivity index (χ3v) is 2.33. The molecule has 0 unspecified atom stereocenters. The minimum Gasteiger partial charge on any atom is -0.464 e. The summed E-state index contributed by atoms with van der Waals surface area (Å²) in [4.78, 5) is 23.0. The van der Waals surface area contributed by atoms with Crippen molar-refractivity contribution in [2.24, 2.45) is 0 Å². The zero-order valence-electron chi connectivity index (χ0n) is 8.88. The second-order valence-electron chi connectivity index (χ2n) is 3.46. The van der Waals surface area contributed by atoms with Gasteiger partial charge in [-0.25, -0.2) is 4.79 Å². The summed E-state index contributed by atoms with van der Waals surface area (Å²) >= 11 is 0. The van der Waals surface area contributed by atoms with E-state index in [0.29, 0.717) is 12.2 Å². The van der Waals surface area contributed by atoms with E-state index in [1.807, 2.05) is 6.07 Å². The minimum absolute atomic E-state index is 0.168. The van der Waals surface area contributed by atoms with E-state index in [9.17, 15) is 9.59 Å². The molecule has 0 amide bonds. The molecular weight excluding hydrogens is 208 g/mol. The number of hydrogen-bond acceptors (Lipinski definition) is 4. The molecule has 0 N–H and O–H groups in total. The topological polar surface area (TPSA) is 55.9 Å². The summed E-state index contributed by atoms with van der Waals surface area (Å²) in [5.41, 5.74) is 0.555. The van der Waals surface area contributed by atoms with E-state index >= 15 is 0 Å². The Labute approximate surface area is 93.2 Å². The van der Waals surface area contributed by atoms with Gasteiger partial charge in [0.15, 0.2) is 18.0 Å². The molecule has 1 fully saturated rings. The van der Waals surface area contributed by atoms with E-state index < -0.39 is 18.2 Å². The van der Waals surface area contributed by atoms with Gasteiger partial charge in [0.05, 0.1) is 6.61 Å². The Morgan fingerprint density at radius 1 is 1.25 bits per heavy atom. The van der Waals surface area contributed by atoms with E-state index in [1.165, 1.54) is 0 Å². The first-order chi connectivity index (χ1) is 7.74. The van der Waals surface area contributed by atoms with Crippen LogP contribution in [0.15, 0.2) is 30.3 Å². The summed E-state index contributed by atoms with van der Waals surface area (Å²) in [6.07, 6.45) is -1.38. The van der Waals surface area contributed by atoms with Crippen molar-refractivity contribution in [3.05, 3.63) is 35.9 Å². The van der Waals surface area contributed by atoms with Crippen molar-refractivity contribution in [3.63, 3.8) is 0 Å². The van der Waals surface area contributed by atoms with Crippen molar-refractivity contribution in [2.75, 3.05) is 6.61 Å². The normalized spacial score (nSPS) is 22.6. The lowest BCUT2D eigenvalue weighted by Gasteiger charge is -1.97. The Bertz CT molecular complexity index is 399. The van der Waals surface area contributed by atoms with E-state index in [2.05, 4.69) is 0 Å². The lowest BCUT2D eigenvalue weighted by atomic mass is 10.1. The van der Waals surface area contributed by atoms with Gasteiger partial charge >= 0.3 is 5.97 Å². The smallest absolute Gasteiger partial charge is 0.338 e. The summed E-state index contributed by atoms with van der Waals surface area (Å²) in [5, 5.41) is 0. The number of carbonyl (C=O) groups is 2. The molecule has 0 bridgehead atoms. The molecule has 1 saturated heterocycles. The van der Waals surface area contributed by atoms with Crippen molar-refractivity contribution < 1.29 is 19.1 Å². The maximum Gasteiger partial charge on any atom is 0.338 e. The third kappa shape index (κ3) is 2.12. The monoisotopic (exact) mass is 220 g/mol. The number of esters is 1. The molecular formula is C12H12O4. The number of ether oxygens (including phenoxy) is 2. The highest BCUT2D eigenvalue weighted by atomic mass is 16.6. The standard InChI is InChI=1S/C12H12O4/c1-2-15-12(14)11-10(16-11)9(13)8-6-4-3-5-7-8/h3-7,10-11H,2H2,1H3/t10-,11-/m0/s1. The fourth-order valence-electron chi connectivity index (χ4n) is 1.48. The average Bonchev–Trinajstić information content (AvgIpc) is 3.09. The first-order valence-electron chi connectivity index (χ1n) is 5.15. The van der Waals surface area contributed by atoms with Crippen LogP contribution >= 0.6 is 0 Å². The maximum atomic E-state index is 11.8. The Hall–Kier alpha value is -1.68. The van der Waals surface area contributed by atoms with Crippen LogP contribution < -0.4 is 0 Å². The Kier molecular flexibility index (Phi) is 3.01. The second kappa shape index (κ2) is 4.45. The summed E-state index contributed by atoms with van der Waals surface area (Å²) in [6, 6.07) is 8.77. The quantitative estimate of drug-likeness (QED) is 0.434. The summed E-state index contributed by atoms with van der Waals surface area (Å²) in [5.74, 6) is -0.629. The maximum absolute atomic E-state index is 11.8. The molecule has 16 heavy (non-hydrogen) atoms. The first-order valence-corrected chi connectivity index (χ1v) is 5.15. The minimum atomic E-state index is -0.715. The van der Waals surface area contributed by atoms with Crippen molar-refractivity contribution in [3.8, 4) is 0 Å². The molecule has 0 radical (unpaired) electrons. The Balaban J connectivity index is 1.97. The molecule has 4 nitrogen and oxygen atoms in total. The van der Waals surface area contributed by atoms with Crippen LogP contribution in [0.5, 0.6) is 0 Å². The van der Waals surface area contributed by atoms with Gasteiger partial charge in [-0.15, -0.1) is 0 Å². The van der Waals surface area contributed by atoms with Crippen LogP contribution in [0.25, 0.3) is 0 Å². The van der Waals surface area contributed by atoms with Crippen LogP contribution in [0.1, 0.15) is 17.3 Å². The Morgan fingerprint density at radius 3 is 2.56 bits per heavy atom. The number of hydrogen-bond donors (Lipinski definition) is 0. The highest BCUT2D eigenvalue weighted by Gasteiger charge is 2.51. The van der Waals surface area contributed by atoms with Crippen molar-refractivity contribution >= 4 is 11.8 Å². The molecule has 2 rings (SSSR count). The van der Waals surface area contributed by atoms with Gasteiger partial charge in [0.1, 0.15) is 0 Å². The van der Waals surface area contributed by atoms with Crippen molar-refractivity contribution in [1.82, 2.24) is 0 Å². The van der Waals surface area contributed by atoms with Crippen molar-refractivity contribution in [1.29, 1.82) is 0 Å². The molecule has 0 saturated carbocycles. The van der Waals surface area contributed by atoms with Gasteiger partial charge in [-0.3, -0.25) is 4.79 Å². The second-order valence-corrected chi connectivity index (χ2v) is 3.46. The molecule has 1 heterocycles. The molecule has 0 aromatic heterocycles. The zero-order chi connectivity index (χ0) is 11.5. The van der Waals surface area contributed by atoms with Gasteiger partial charge < -0.3 is 9.47 Å². The molecule has 1 aliphatic heterocycles. The van der Waals surface area contributed by atoms with Crippen LogP contribution in [-0.2, 0) is 14.3 Å². The highest BCUT2D eigenvalue weighted by molar-refractivity contribution is 6.04. The molecule has 1 aromatic rings. The Morgan fingerprint density at radius 2 is 1.94 bits per heavy atom. The van der Waals surface area contributed by atoms with Crippen LogP contribution in [-0.4, -0.2) is 30.6 Å². The fourth-order valence-corrected chi connectivity index (χ4v) is 1.48. The zero-order valence-corrected chi connectivity index (χ0v) is 8.88. The molecule has 4 heteroatoms. The molecule has 0 spiro atoms. The van der Waals surface area contributed by atoms with Gasteiger partial charge in [0.2, 0.25) is 0 Å². The number of benzene rings is 1. The number of epoxide rings is 1. The lowest BCUT2D eigenvalue weighted by molar-refractivity contribution is -0.144.